The zero-order chi connectivity index (χ0) is 21.9. The highest BCUT2D eigenvalue weighted by atomic mass is 14.4. The van der Waals surface area contributed by atoms with Crippen LogP contribution in [-0.2, 0) is 5.41 Å². The van der Waals surface area contributed by atoms with Gasteiger partial charge in [0.05, 0.1) is 0 Å². The van der Waals surface area contributed by atoms with Crippen molar-refractivity contribution in [3.8, 4) is 33.4 Å². The number of rotatable bonds is 2. The fourth-order valence-corrected chi connectivity index (χ4v) is 5.84. The number of fused-ring (bicyclic) bond motifs is 3. The molecule has 1 aliphatic carbocycles. The van der Waals surface area contributed by atoms with Gasteiger partial charge in [0.2, 0.25) is 0 Å². The van der Waals surface area contributed by atoms with Crippen LogP contribution in [0.25, 0.3) is 33.4 Å². The zero-order valence-corrected chi connectivity index (χ0v) is 19.4. The molecule has 0 N–H and O–H groups in total. The largest absolute Gasteiger partial charge is 0.0620 e. The monoisotopic (exact) mass is 402 g/mol. The molecule has 0 atom stereocenters. The van der Waals surface area contributed by atoms with Crippen molar-refractivity contribution in [1.82, 2.24) is 0 Å². The van der Waals surface area contributed by atoms with Gasteiger partial charge >= 0.3 is 0 Å². The van der Waals surface area contributed by atoms with Gasteiger partial charge in [0.25, 0.3) is 0 Å². The minimum Gasteiger partial charge on any atom is -0.0620 e. The van der Waals surface area contributed by atoms with Crippen molar-refractivity contribution in [2.24, 2.45) is 0 Å². The minimum absolute atomic E-state index is 0.0173. The second-order valence-corrected chi connectivity index (χ2v) is 9.58. The molecule has 0 radical (unpaired) electrons. The van der Waals surface area contributed by atoms with Crippen molar-refractivity contribution in [3.05, 3.63) is 106 Å². The van der Waals surface area contributed by atoms with E-state index in [2.05, 4.69) is 114 Å². The molecular formula is C31H30. The second-order valence-electron chi connectivity index (χ2n) is 9.58. The quantitative estimate of drug-likeness (QED) is 0.315. The molecule has 0 spiro atoms. The predicted molar refractivity (Wildman–Crippen MR) is 134 cm³/mol. The maximum atomic E-state index is 2.37. The topological polar surface area (TPSA) is 0 Å². The summed E-state index contributed by atoms with van der Waals surface area (Å²) < 4.78 is 0. The van der Waals surface area contributed by atoms with Crippen LogP contribution in [0.2, 0.25) is 0 Å². The average molecular weight is 403 g/mol. The van der Waals surface area contributed by atoms with Crippen molar-refractivity contribution in [2.45, 2.75) is 47.0 Å². The van der Waals surface area contributed by atoms with E-state index in [1.54, 1.807) is 0 Å². The lowest BCUT2D eigenvalue weighted by atomic mass is 9.78. The van der Waals surface area contributed by atoms with Gasteiger partial charge in [-0.25, -0.2) is 0 Å². The molecule has 4 aromatic carbocycles. The van der Waals surface area contributed by atoms with Crippen LogP contribution in [0, 0.1) is 27.7 Å². The van der Waals surface area contributed by atoms with Gasteiger partial charge in [-0.1, -0.05) is 86.6 Å². The summed E-state index contributed by atoms with van der Waals surface area (Å²) in [6, 6.07) is 26.9. The molecule has 0 heterocycles. The number of hydrogen-bond acceptors (Lipinski definition) is 0. The first-order valence-corrected chi connectivity index (χ1v) is 11.2. The van der Waals surface area contributed by atoms with Gasteiger partial charge in [0.15, 0.2) is 0 Å². The molecule has 0 heteroatoms. The van der Waals surface area contributed by atoms with Crippen LogP contribution in [0.5, 0.6) is 0 Å². The van der Waals surface area contributed by atoms with Gasteiger partial charge in [-0.05, 0) is 94.5 Å². The highest BCUT2D eigenvalue weighted by Gasteiger charge is 2.37. The van der Waals surface area contributed by atoms with E-state index < -0.39 is 0 Å². The van der Waals surface area contributed by atoms with Crippen molar-refractivity contribution in [3.63, 3.8) is 0 Å². The summed E-state index contributed by atoms with van der Waals surface area (Å²) in [7, 11) is 0. The molecule has 0 unspecified atom stereocenters. The van der Waals surface area contributed by atoms with E-state index in [0.29, 0.717) is 0 Å². The Labute approximate surface area is 186 Å². The first kappa shape index (κ1) is 19.8. The second kappa shape index (κ2) is 6.95. The van der Waals surface area contributed by atoms with Crippen LogP contribution in [0.3, 0.4) is 0 Å². The summed E-state index contributed by atoms with van der Waals surface area (Å²) in [6.07, 6.45) is 0. The van der Waals surface area contributed by atoms with Crippen molar-refractivity contribution in [2.75, 3.05) is 0 Å². The third kappa shape index (κ3) is 2.82. The van der Waals surface area contributed by atoms with Gasteiger partial charge in [0.1, 0.15) is 0 Å². The molecular weight excluding hydrogens is 372 g/mol. The number of hydrogen-bond donors (Lipinski definition) is 0. The van der Waals surface area contributed by atoms with E-state index in [4.69, 9.17) is 0 Å². The molecule has 0 saturated heterocycles. The van der Waals surface area contributed by atoms with E-state index in [1.165, 1.54) is 66.8 Å². The van der Waals surface area contributed by atoms with Gasteiger partial charge in [-0.15, -0.1) is 0 Å². The zero-order valence-electron chi connectivity index (χ0n) is 19.4. The highest BCUT2D eigenvalue weighted by molar-refractivity contribution is 5.88. The van der Waals surface area contributed by atoms with E-state index in [9.17, 15) is 0 Å². The number of benzene rings is 4. The molecule has 4 aromatic rings. The third-order valence-electron chi connectivity index (χ3n) is 7.36. The summed E-state index contributed by atoms with van der Waals surface area (Å²) in [5, 5.41) is 0. The Morgan fingerprint density at radius 2 is 1.06 bits per heavy atom. The van der Waals surface area contributed by atoms with Crippen molar-refractivity contribution in [1.29, 1.82) is 0 Å². The Bertz CT molecular complexity index is 1330. The van der Waals surface area contributed by atoms with E-state index in [1.807, 2.05) is 0 Å². The lowest BCUT2D eigenvalue weighted by Crippen LogP contribution is -2.16. The summed E-state index contributed by atoms with van der Waals surface area (Å²) in [4.78, 5) is 0. The molecule has 0 saturated carbocycles. The van der Waals surface area contributed by atoms with Gasteiger partial charge in [-0.3, -0.25) is 0 Å². The molecule has 0 nitrogen and oxygen atoms in total. The number of aryl methyl sites for hydroxylation is 2. The summed E-state index contributed by atoms with van der Waals surface area (Å²) in [5.74, 6) is 0. The van der Waals surface area contributed by atoms with E-state index in [-0.39, 0.29) is 5.41 Å². The Kier molecular flexibility index (Phi) is 4.45. The maximum Gasteiger partial charge on any atom is 0.0161 e. The van der Waals surface area contributed by atoms with E-state index >= 15 is 0 Å². The van der Waals surface area contributed by atoms with Crippen molar-refractivity contribution < 1.29 is 0 Å². The van der Waals surface area contributed by atoms with Crippen LogP contribution in [0.1, 0.15) is 47.2 Å². The fraction of sp³-hybridized carbons (Fsp3) is 0.226. The molecule has 5 rings (SSSR count). The lowest BCUT2D eigenvalue weighted by Gasteiger charge is -2.25. The van der Waals surface area contributed by atoms with Crippen LogP contribution >= 0.6 is 0 Å². The van der Waals surface area contributed by atoms with Gasteiger partial charge < -0.3 is 0 Å². The van der Waals surface area contributed by atoms with E-state index in [0.717, 1.165) is 0 Å². The summed E-state index contributed by atoms with van der Waals surface area (Å²) in [6.45, 7) is 13.8. The lowest BCUT2D eigenvalue weighted by molar-refractivity contribution is 0.656. The normalized spacial score (nSPS) is 13.7. The summed E-state index contributed by atoms with van der Waals surface area (Å²) >= 11 is 0. The first-order valence-electron chi connectivity index (χ1n) is 11.2. The standard InChI is InChI=1S/C31H30/c1-19-11-7-8-12-23(19)29-20(2)15-16-24(21(29)3)25-17-18-27-26-13-9-10-14-28(26)31(5,6)30(27)22(25)4/h7-18H,1-6H3. The molecule has 154 valence electrons. The Hall–Kier alpha value is -3.12. The maximum absolute atomic E-state index is 2.37. The molecule has 0 fully saturated rings. The van der Waals surface area contributed by atoms with Gasteiger partial charge in [0, 0.05) is 5.41 Å². The van der Waals surface area contributed by atoms with Gasteiger partial charge in [-0.2, -0.15) is 0 Å². The van der Waals surface area contributed by atoms with Crippen LogP contribution in [0.15, 0.2) is 72.8 Å². The fourth-order valence-electron chi connectivity index (χ4n) is 5.84. The summed E-state index contributed by atoms with van der Waals surface area (Å²) in [5.41, 5.74) is 16.6. The first-order chi connectivity index (χ1) is 14.8. The van der Waals surface area contributed by atoms with Crippen LogP contribution in [-0.4, -0.2) is 0 Å². The molecule has 0 amide bonds. The van der Waals surface area contributed by atoms with Crippen LogP contribution < -0.4 is 0 Å². The Morgan fingerprint density at radius 1 is 0.484 bits per heavy atom. The molecule has 0 aliphatic heterocycles. The molecule has 0 aromatic heterocycles. The average Bonchev–Trinajstić information content (AvgIpc) is 2.98. The van der Waals surface area contributed by atoms with Crippen molar-refractivity contribution >= 4 is 0 Å². The Balaban J connectivity index is 1.75. The molecule has 31 heavy (non-hydrogen) atoms. The minimum atomic E-state index is 0.0173. The SMILES string of the molecule is Cc1ccccc1-c1c(C)ccc(-c2ccc3c(c2C)C(C)(C)c2ccccc2-3)c1C. The third-order valence-corrected chi connectivity index (χ3v) is 7.36. The molecule has 0 bridgehead atoms. The van der Waals surface area contributed by atoms with Crippen LogP contribution in [0.4, 0.5) is 0 Å². The Morgan fingerprint density at radius 3 is 1.81 bits per heavy atom. The molecule has 1 aliphatic rings. The predicted octanol–water partition coefficient (Wildman–Crippen LogP) is 8.56. The highest BCUT2D eigenvalue weighted by Crippen LogP contribution is 2.51. The smallest absolute Gasteiger partial charge is 0.0161 e.